The zero-order chi connectivity index (χ0) is 23.4. The lowest BCUT2D eigenvalue weighted by Gasteiger charge is -2.38. The number of hydrogen-bond acceptors (Lipinski definition) is 4. The quantitative estimate of drug-likeness (QED) is 0.308. The molecule has 0 N–H and O–H groups in total. The van der Waals surface area contributed by atoms with Crippen LogP contribution in [0.3, 0.4) is 0 Å². The molecule has 0 amide bonds. The Kier molecular flexibility index (Phi) is 8.23. The van der Waals surface area contributed by atoms with Crippen LogP contribution in [0, 0.1) is 13.8 Å². The van der Waals surface area contributed by atoms with Gasteiger partial charge in [-0.1, -0.05) is 56.7 Å². The highest BCUT2D eigenvalue weighted by atomic mass is 28.4. The van der Waals surface area contributed by atoms with Crippen LogP contribution < -0.4 is 0 Å². The van der Waals surface area contributed by atoms with E-state index in [0.717, 1.165) is 16.7 Å². The number of hydrogen-bond donors (Lipinski definition) is 0. The first-order valence-electron chi connectivity index (χ1n) is 11.1. The van der Waals surface area contributed by atoms with Crippen molar-refractivity contribution in [3.8, 4) is 0 Å². The van der Waals surface area contributed by atoms with Gasteiger partial charge in [0.1, 0.15) is 6.10 Å². The molecule has 4 nitrogen and oxygen atoms in total. The normalized spacial score (nSPS) is 23.5. The first-order chi connectivity index (χ1) is 14.3. The average molecular weight is 443 g/mol. The van der Waals surface area contributed by atoms with Crippen LogP contribution in [-0.4, -0.2) is 32.3 Å². The van der Waals surface area contributed by atoms with Crippen LogP contribution in [0.5, 0.6) is 0 Å². The molecule has 2 rings (SSSR count). The molecule has 0 fully saturated rings. The van der Waals surface area contributed by atoms with Gasteiger partial charge in [-0.25, -0.2) is 4.79 Å². The van der Waals surface area contributed by atoms with E-state index in [-0.39, 0.29) is 35.4 Å². The number of rotatable bonds is 2. The van der Waals surface area contributed by atoms with E-state index < -0.39 is 8.32 Å². The van der Waals surface area contributed by atoms with E-state index in [2.05, 4.69) is 33.9 Å². The minimum absolute atomic E-state index is 0.0285. The summed E-state index contributed by atoms with van der Waals surface area (Å²) in [6.45, 7) is 16.9. The molecule has 2 atom stereocenters. The Morgan fingerprint density at radius 2 is 1.74 bits per heavy atom. The van der Waals surface area contributed by atoms with Gasteiger partial charge in [0.25, 0.3) is 0 Å². The summed E-state index contributed by atoms with van der Waals surface area (Å²) in [5, 5.41) is 0.0989. The van der Waals surface area contributed by atoms with Crippen molar-refractivity contribution < 1.29 is 18.8 Å². The standard InChI is InChI=1S/C26H38O4Si/c1-18-15-19(2)24-21(16-18)17-22(27)12-10-14-23(30-31(7,8)26(4,5)6)13-9-11-20(3)29-25(24)28/h9-10,12-13,15-16,20,23H,11,14,17H2,1-8H3/b12-10+,13-9+/t20-,23+/m1/s1. The molecular formula is C26H38O4Si. The van der Waals surface area contributed by atoms with Crippen molar-refractivity contribution in [1.29, 1.82) is 0 Å². The fourth-order valence-electron chi connectivity index (χ4n) is 3.50. The molecule has 1 aliphatic rings. The number of aryl methyl sites for hydroxylation is 2. The van der Waals surface area contributed by atoms with Gasteiger partial charge in [-0.3, -0.25) is 4.79 Å². The van der Waals surface area contributed by atoms with Crippen molar-refractivity contribution >= 4 is 20.1 Å². The minimum atomic E-state index is -1.96. The highest BCUT2D eigenvalue weighted by Gasteiger charge is 2.38. The number of ketones is 1. The second-order valence-electron chi connectivity index (χ2n) is 10.2. The van der Waals surface area contributed by atoms with Crippen molar-refractivity contribution in [2.45, 2.75) is 91.1 Å². The number of fused-ring (bicyclic) bond motifs is 1. The molecule has 0 aromatic heterocycles. The fraction of sp³-hybridized carbons (Fsp3) is 0.538. The summed E-state index contributed by atoms with van der Waals surface area (Å²) in [6.07, 6.45) is 8.68. The average Bonchev–Trinajstić information content (AvgIpc) is 2.58. The smallest absolute Gasteiger partial charge is 0.338 e. The van der Waals surface area contributed by atoms with Gasteiger partial charge in [0.05, 0.1) is 11.7 Å². The lowest BCUT2D eigenvalue weighted by molar-refractivity contribution is -0.114. The topological polar surface area (TPSA) is 52.6 Å². The van der Waals surface area contributed by atoms with Gasteiger partial charge in [0, 0.05) is 12.8 Å². The van der Waals surface area contributed by atoms with Gasteiger partial charge in [0.2, 0.25) is 0 Å². The third-order valence-corrected chi connectivity index (χ3v) is 10.7. The zero-order valence-electron chi connectivity index (χ0n) is 20.4. The number of ether oxygens (including phenoxy) is 1. The van der Waals surface area contributed by atoms with Gasteiger partial charge < -0.3 is 9.16 Å². The summed E-state index contributed by atoms with van der Waals surface area (Å²) < 4.78 is 12.3. The maximum Gasteiger partial charge on any atom is 0.338 e. The monoisotopic (exact) mass is 442 g/mol. The van der Waals surface area contributed by atoms with E-state index in [4.69, 9.17) is 9.16 Å². The lowest BCUT2D eigenvalue weighted by Crippen LogP contribution is -2.43. The Bertz CT molecular complexity index is 874. The number of carbonyl (C=O) groups is 2. The van der Waals surface area contributed by atoms with Gasteiger partial charge in [-0.2, -0.15) is 0 Å². The van der Waals surface area contributed by atoms with Crippen LogP contribution in [0.15, 0.2) is 36.4 Å². The second kappa shape index (κ2) is 10.1. The molecule has 1 heterocycles. The highest BCUT2D eigenvalue weighted by molar-refractivity contribution is 6.74. The maximum absolute atomic E-state index is 12.9. The van der Waals surface area contributed by atoms with Crippen molar-refractivity contribution in [2.75, 3.05) is 0 Å². The summed E-state index contributed by atoms with van der Waals surface area (Å²) >= 11 is 0. The largest absolute Gasteiger partial charge is 0.459 e. The van der Waals surface area contributed by atoms with Crippen molar-refractivity contribution in [3.63, 3.8) is 0 Å². The zero-order valence-corrected chi connectivity index (χ0v) is 21.4. The Morgan fingerprint density at radius 3 is 2.39 bits per heavy atom. The van der Waals surface area contributed by atoms with Crippen LogP contribution in [0.1, 0.15) is 67.6 Å². The summed E-state index contributed by atoms with van der Waals surface area (Å²) in [4.78, 5) is 25.6. The second-order valence-corrected chi connectivity index (χ2v) is 14.9. The van der Waals surface area contributed by atoms with Crippen molar-refractivity contribution in [2.24, 2.45) is 0 Å². The molecular weight excluding hydrogens is 404 g/mol. The van der Waals surface area contributed by atoms with E-state index >= 15 is 0 Å². The third-order valence-electron chi connectivity index (χ3n) is 6.18. The molecule has 0 unspecified atom stereocenters. The Balaban J connectivity index is 2.34. The summed E-state index contributed by atoms with van der Waals surface area (Å²) in [5.74, 6) is -0.393. The summed E-state index contributed by atoms with van der Waals surface area (Å²) in [7, 11) is -1.96. The minimum Gasteiger partial charge on any atom is -0.459 e. The van der Waals surface area contributed by atoms with E-state index in [0.29, 0.717) is 18.4 Å². The predicted molar refractivity (Wildman–Crippen MR) is 129 cm³/mol. The van der Waals surface area contributed by atoms with Gasteiger partial charge in [-0.15, -0.1) is 0 Å². The number of esters is 1. The summed E-state index contributed by atoms with van der Waals surface area (Å²) in [6, 6.07) is 3.87. The Hall–Kier alpha value is -1.98. The van der Waals surface area contributed by atoms with Gasteiger partial charge in [-0.05, 0) is 62.5 Å². The summed E-state index contributed by atoms with van der Waals surface area (Å²) in [5.41, 5.74) is 3.11. The maximum atomic E-state index is 12.9. The molecule has 170 valence electrons. The molecule has 0 saturated heterocycles. The molecule has 0 spiro atoms. The van der Waals surface area contributed by atoms with E-state index in [1.54, 1.807) is 6.08 Å². The molecule has 0 aliphatic carbocycles. The van der Waals surface area contributed by atoms with Crippen molar-refractivity contribution in [1.82, 2.24) is 0 Å². The molecule has 5 heteroatoms. The van der Waals surface area contributed by atoms with Crippen LogP contribution >= 0.6 is 0 Å². The number of benzene rings is 1. The third kappa shape index (κ3) is 7.01. The van der Waals surface area contributed by atoms with Crippen LogP contribution in [0.25, 0.3) is 0 Å². The Morgan fingerprint density at radius 1 is 1.06 bits per heavy atom. The van der Waals surface area contributed by atoms with Gasteiger partial charge >= 0.3 is 5.97 Å². The molecule has 0 saturated carbocycles. The van der Waals surface area contributed by atoms with E-state index in [9.17, 15) is 9.59 Å². The Labute approximate surface area is 188 Å². The molecule has 1 aromatic rings. The van der Waals surface area contributed by atoms with Gasteiger partial charge in [0.15, 0.2) is 14.1 Å². The molecule has 31 heavy (non-hydrogen) atoms. The highest BCUT2D eigenvalue weighted by Crippen LogP contribution is 2.37. The number of cyclic esters (lactones) is 1. The number of allylic oxidation sites excluding steroid dienone is 1. The van der Waals surface area contributed by atoms with E-state index in [1.807, 2.05) is 51.1 Å². The number of carbonyl (C=O) groups excluding carboxylic acids is 2. The molecule has 1 aromatic carbocycles. The predicted octanol–water partition coefficient (Wildman–Crippen LogP) is 6.26. The molecule has 1 aliphatic heterocycles. The van der Waals surface area contributed by atoms with E-state index in [1.165, 1.54) is 0 Å². The SMILES string of the molecule is Cc1cc(C)c2c(c1)CC(=O)/C=C/C[C@@H](O[Si](C)(C)C(C)(C)C)/C=C/C[C@@H](C)OC2=O. The molecule has 0 bridgehead atoms. The van der Waals surface area contributed by atoms with Crippen LogP contribution in [0.2, 0.25) is 18.1 Å². The molecule has 0 radical (unpaired) electrons. The van der Waals surface area contributed by atoms with Crippen molar-refractivity contribution in [3.05, 3.63) is 58.7 Å². The fourth-order valence-corrected chi connectivity index (χ4v) is 4.79. The lowest BCUT2D eigenvalue weighted by atomic mass is 9.95. The van der Waals surface area contributed by atoms with Crippen LogP contribution in [-0.2, 0) is 20.4 Å². The first-order valence-corrected chi connectivity index (χ1v) is 14.1. The first kappa shape index (κ1) is 25.3. The van der Waals surface area contributed by atoms with Crippen LogP contribution in [0.4, 0.5) is 0 Å².